The highest BCUT2D eigenvalue weighted by Gasteiger charge is 2.20. The number of H-pyrrole nitrogens is 1. The Labute approximate surface area is 189 Å². The summed E-state index contributed by atoms with van der Waals surface area (Å²) in [5.41, 5.74) is 9.33. The second-order valence-electron chi connectivity index (χ2n) is 7.54. The average molecular weight is 458 g/mol. The molecule has 0 atom stereocenters. The van der Waals surface area contributed by atoms with Gasteiger partial charge in [-0.3, -0.25) is 5.10 Å². The zero-order chi connectivity index (χ0) is 20.3. The quantitative estimate of drug-likeness (QED) is 0.345. The van der Waals surface area contributed by atoms with E-state index in [4.69, 9.17) is 5.73 Å². The molecule has 1 aliphatic carbocycles. The molecule has 0 unspecified atom stereocenters. The van der Waals surface area contributed by atoms with Gasteiger partial charge in [-0.1, -0.05) is 0 Å². The minimum atomic E-state index is 0. The molecule has 1 aliphatic rings. The van der Waals surface area contributed by atoms with Gasteiger partial charge in [-0.15, -0.1) is 12.4 Å². The Hall–Kier alpha value is -2.82. The van der Waals surface area contributed by atoms with Gasteiger partial charge in [0.25, 0.3) is 0 Å². The van der Waals surface area contributed by atoms with E-state index in [1.165, 1.54) is 5.56 Å². The number of anilines is 2. The molecule has 9 nitrogen and oxygen atoms in total. The molecule has 0 amide bonds. The van der Waals surface area contributed by atoms with Crippen LogP contribution < -0.4 is 16.4 Å². The molecule has 4 aromatic heterocycles. The maximum Gasteiger partial charge on any atom is 0.224 e. The Morgan fingerprint density at radius 3 is 2.77 bits per heavy atom. The van der Waals surface area contributed by atoms with E-state index in [0.29, 0.717) is 36.2 Å². The first-order valence-corrected chi connectivity index (χ1v) is 11.0. The number of aromatic nitrogens is 6. The lowest BCUT2D eigenvalue weighted by Gasteiger charge is -2.26. The van der Waals surface area contributed by atoms with Crippen molar-refractivity contribution in [1.29, 1.82) is 0 Å². The normalized spacial score (nSPS) is 18.5. The Balaban J connectivity index is 0.00000231. The van der Waals surface area contributed by atoms with Gasteiger partial charge in [0, 0.05) is 31.0 Å². The van der Waals surface area contributed by atoms with Crippen LogP contribution in [0.25, 0.3) is 22.4 Å². The molecule has 11 heteroatoms. The van der Waals surface area contributed by atoms with E-state index < -0.39 is 0 Å². The van der Waals surface area contributed by atoms with Crippen molar-refractivity contribution < 1.29 is 0 Å². The summed E-state index contributed by atoms with van der Waals surface area (Å²) >= 11 is 1.67. The third-order valence-corrected chi connectivity index (χ3v) is 6.09. The van der Waals surface area contributed by atoms with E-state index in [2.05, 4.69) is 57.6 Å². The topological polar surface area (TPSA) is 130 Å². The van der Waals surface area contributed by atoms with Crippen LogP contribution in [0, 0.1) is 0 Å². The minimum absolute atomic E-state index is 0. The first kappa shape index (κ1) is 21.4. The number of fused-ring (bicyclic) bond motifs is 1. The van der Waals surface area contributed by atoms with Crippen LogP contribution in [0.4, 0.5) is 11.9 Å². The van der Waals surface area contributed by atoms with Gasteiger partial charge in [-0.25, -0.2) is 15.0 Å². The number of halogens is 1. The van der Waals surface area contributed by atoms with Crippen molar-refractivity contribution in [3.63, 3.8) is 0 Å². The van der Waals surface area contributed by atoms with Crippen LogP contribution in [0.15, 0.2) is 35.3 Å². The highest BCUT2D eigenvalue weighted by atomic mass is 35.5. The maximum atomic E-state index is 5.99. The molecule has 0 radical (unpaired) electrons. The zero-order valence-corrected chi connectivity index (χ0v) is 18.4. The van der Waals surface area contributed by atoms with E-state index >= 15 is 0 Å². The molecule has 5 N–H and O–H groups in total. The molecule has 31 heavy (non-hydrogen) atoms. The molecule has 0 aromatic carbocycles. The van der Waals surface area contributed by atoms with Gasteiger partial charge in [0.05, 0.1) is 16.8 Å². The Kier molecular flexibility index (Phi) is 6.59. The molecular weight excluding hydrogens is 434 g/mol. The van der Waals surface area contributed by atoms with Crippen LogP contribution in [-0.4, -0.2) is 42.2 Å². The molecule has 1 saturated carbocycles. The second-order valence-corrected chi connectivity index (χ2v) is 8.32. The number of nitrogens with zero attached hydrogens (tertiary/aromatic N) is 5. The predicted molar refractivity (Wildman–Crippen MR) is 125 cm³/mol. The lowest BCUT2D eigenvalue weighted by atomic mass is 9.92. The summed E-state index contributed by atoms with van der Waals surface area (Å²) in [6.07, 6.45) is 7.66. The summed E-state index contributed by atoms with van der Waals surface area (Å²) in [5, 5.41) is 19.1. The predicted octanol–water partition coefficient (Wildman–Crippen LogP) is 3.59. The van der Waals surface area contributed by atoms with E-state index in [-0.39, 0.29) is 12.4 Å². The van der Waals surface area contributed by atoms with Gasteiger partial charge in [0.2, 0.25) is 11.9 Å². The van der Waals surface area contributed by atoms with Crippen molar-refractivity contribution in [2.75, 3.05) is 10.6 Å². The summed E-state index contributed by atoms with van der Waals surface area (Å²) in [5.74, 6) is 1.16. The number of nitrogens with two attached hydrogens (primary N) is 1. The van der Waals surface area contributed by atoms with Crippen LogP contribution in [-0.2, 0) is 6.54 Å². The van der Waals surface area contributed by atoms with Gasteiger partial charge in [-0.2, -0.15) is 21.4 Å². The Morgan fingerprint density at radius 2 is 1.97 bits per heavy atom. The largest absolute Gasteiger partial charge is 0.351 e. The van der Waals surface area contributed by atoms with Crippen LogP contribution in [0.3, 0.4) is 0 Å². The number of thiophene rings is 1. The summed E-state index contributed by atoms with van der Waals surface area (Å²) < 4.78 is 0. The van der Waals surface area contributed by atoms with Gasteiger partial charge < -0.3 is 16.4 Å². The van der Waals surface area contributed by atoms with Gasteiger partial charge in [-0.05, 0) is 54.1 Å². The van der Waals surface area contributed by atoms with E-state index in [1.54, 1.807) is 23.7 Å². The fraction of sp³-hybridized carbons (Fsp3) is 0.350. The third-order valence-electron chi connectivity index (χ3n) is 5.36. The Morgan fingerprint density at radius 1 is 1.10 bits per heavy atom. The number of aromatic amines is 1. The van der Waals surface area contributed by atoms with Gasteiger partial charge in [0.15, 0.2) is 5.65 Å². The van der Waals surface area contributed by atoms with Crippen molar-refractivity contribution in [3.05, 3.63) is 40.8 Å². The van der Waals surface area contributed by atoms with E-state index in [9.17, 15) is 0 Å². The monoisotopic (exact) mass is 457 g/mol. The molecule has 1 fully saturated rings. The summed E-state index contributed by atoms with van der Waals surface area (Å²) in [6, 6.07) is 4.60. The average Bonchev–Trinajstić information content (AvgIpc) is 3.44. The molecule has 0 bridgehead atoms. The van der Waals surface area contributed by atoms with Crippen LogP contribution >= 0.6 is 23.7 Å². The van der Waals surface area contributed by atoms with Crippen molar-refractivity contribution in [1.82, 2.24) is 30.1 Å². The van der Waals surface area contributed by atoms with Gasteiger partial charge in [0.1, 0.15) is 0 Å². The molecular formula is C20H24ClN9S. The molecule has 162 valence electrons. The van der Waals surface area contributed by atoms with Gasteiger partial charge >= 0.3 is 0 Å². The smallest absolute Gasteiger partial charge is 0.224 e. The molecule has 0 saturated heterocycles. The lowest BCUT2D eigenvalue weighted by Crippen LogP contribution is -2.33. The fourth-order valence-corrected chi connectivity index (χ4v) is 4.34. The van der Waals surface area contributed by atoms with Crippen molar-refractivity contribution in [2.24, 2.45) is 5.73 Å². The molecule has 4 heterocycles. The van der Waals surface area contributed by atoms with E-state index in [1.807, 2.05) is 6.07 Å². The van der Waals surface area contributed by atoms with Crippen LogP contribution in [0.5, 0.6) is 0 Å². The molecule has 4 aromatic rings. The molecule has 0 aliphatic heterocycles. The summed E-state index contributed by atoms with van der Waals surface area (Å²) in [4.78, 5) is 18.0. The zero-order valence-electron chi connectivity index (χ0n) is 16.8. The SMILES string of the molecule is Cl.NC1CCC(Nc2ncc3c(-c4ccnc(NCc5ccsc5)n4)[nH]nc3n2)CC1. The lowest BCUT2D eigenvalue weighted by molar-refractivity contribution is 0.410. The van der Waals surface area contributed by atoms with Crippen LogP contribution in [0.1, 0.15) is 31.2 Å². The molecule has 5 rings (SSSR count). The second kappa shape index (κ2) is 9.54. The highest BCUT2D eigenvalue weighted by molar-refractivity contribution is 7.07. The van der Waals surface area contributed by atoms with Crippen LogP contribution in [0.2, 0.25) is 0 Å². The van der Waals surface area contributed by atoms with Crippen molar-refractivity contribution >= 4 is 46.7 Å². The molecule has 0 spiro atoms. The fourth-order valence-electron chi connectivity index (χ4n) is 3.67. The number of hydrogen-bond acceptors (Lipinski definition) is 9. The number of nitrogens with one attached hydrogen (secondary N) is 3. The van der Waals surface area contributed by atoms with Crippen molar-refractivity contribution in [2.45, 2.75) is 44.3 Å². The summed E-state index contributed by atoms with van der Waals surface area (Å²) in [6.45, 7) is 0.681. The first-order valence-electron chi connectivity index (χ1n) is 10.1. The third kappa shape index (κ3) is 4.92. The maximum absolute atomic E-state index is 5.99. The number of rotatable bonds is 6. The minimum Gasteiger partial charge on any atom is -0.351 e. The van der Waals surface area contributed by atoms with Crippen molar-refractivity contribution in [3.8, 4) is 11.4 Å². The first-order chi connectivity index (χ1) is 14.7. The highest BCUT2D eigenvalue weighted by Crippen LogP contribution is 2.25. The summed E-state index contributed by atoms with van der Waals surface area (Å²) in [7, 11) is 0. The van der Waals surface area contributed by atoms with E-state index in [0.717, 1.165) is 42.5 Å². The number of hydrogen-bond donors (Lipinski definition) is 4. The Bertz CT molecular complexity index is 1120. The standard InChI is InChI=1S/C20H23N9S.ClH/c21-13-1-3-14(4-2-13)25-20-24-10-15-17(28-29-18(15)27-20)16-5-7-22-19(26-16)23-9-12-6-8-30-11-12;/h5-8,10-11,13-14H,1-4,9,21H2,(H,22,23,26)(H2,24,25,27,28,29);1H.